The number of amides is 1. The molecule has 1 aliphatic heterocycles. The lowest BCUT2D eigenvalue weighted by Crippen LogP contribution is -2.65. The van der Waals surface area contributed by atoms with Crippen LogP contribution in [-0.2, 0) is 9.53 Å². The van der Waals surface area contributed by atoms with Crippen molar-refractivity contribution in [1.29, 1.82) is 0 Å². The van der Waals surface area contributed by atoms with Crippen LogP contribution in [0.3, 0.4) is 0 Å². The standard InChI is InChI=1S/C11H18F3NO6S/c1-3(16)4(15-10(20)11(12,13)14)8-6(18)5(17)7(19)9(21-8)22-2/h3-9,16-19H,1-2H3,(H,15,20)/t3-,4-,5+,6-,7-,8-,9-/m1/s1. The Morgan fingerprint density at radius 1 is 1.23 bits per heavy atom. The second-order valence-electron chi connectivity index (χ2n) is 4.91. The summed E-state index contributed by atoms with van der Waals surface area (Å²) in [5.74, 6) is -2.31. The summed E-state index contributed by atoms with van der Waals surface area (Å²) >= 11 is 0.957. The van der Waals surface area contributed by atoms with Crippen molar-refractivity contribution >= 4 is 17.7 Å². The van der Waals surface area contributed by atoms with Gasteiger partial charge in [0.2, 0.25) is 0 Å². The molecular formula is C11H18F3NO6S. The van der Waals surface area contributed by atoms with E-state index in [0.29, 0.717) is 0 Å². The Morgan fingerprint density at radius 2 is 1.77 bits per heavy atom. The monoisotopic (exact) mass is 349 g/mol. The maximum Gasteiger partial charge on any atom is 0.471 e. The molecule has 1 rings (SSSR count). The lowest BCUT2D eigenvalue weighted by molar-refractivity contribution is -0.214. The minimum Gasteiger partial charge on any atom is -0.391 e. The third kappa shape index (κ3) is 4.24. The molecule has 1 fully saturated rings. The van der Waals surface area contributed by atoms with Crippen molar-refractivity contribution < 1.29 is 43.1 Å². The number of aliphatic hydroxyl groups is 4. The first-order valence-corrected chi connectivity index (χ1v) is 7.57. The molecule has 1 heterocycles. The molecule has 0 radical (unpaired) electrons. The summed E-state index contributed by atoms with van der Waals surface area (Å²) in [5, 5.41) is 40.4. The highest BCUT2D eigenvalue weighted by Crippen LogP contribution is 2.29. The van der Waals surface area contributed by atoms with Gasteiger partial charge in [-0.1, -0.05) is 0 Å². The average Bonchev–Trinajstić information content (AvgIpc) is 2.41. The van der Waals surface area contributed by atoms with Gasteiger partial charge in [-0.2, -0.15) is 13.2 Å². The van der Waals surface area contributed by atoms with Crippen LogP contribution < -0.4 is 5.32 Å². The molecule has 11 heteroatoms. The lowest BCUT2D eigenvalue weighted by Gasteiger charge is -2.43. The normalized spacial score (nSPS) is 35.8. The van der Waals surface area contributed by atoms with Crippen LogP contribution >= 0.6 is 11.8 Å². The summed E-state index contributed by atoms with van der Waals surface area (Å²) in [4.78, 5) is 11.0. The highest BCUT2D eigenvalue weighted by atomic mass is 32.2. The number of hydrogen-bond acceptors (Lipinski definition) is 7. The van der Waals surface area contributed by atoms with Crippen molar-refractivity contribution in [1.82, 2.24) is 5.32 Å². The fourth-order valence-electron chi connectivity index (χ4n) is 2.08. The number of thioether (sulfide) groups is 1. The smallest absolute Gasteiger partial charge is 0.391 e. The molecule has 0 saturated carbocycles. The number of rotatable bonds is 4. The minimum atomic E-state index is -5.18. The van der Waals surface area contributed by atoms with Crippen molar-refractivity contribution in [3.63, 3.8) is 0 Å². The van der Waals surface area contributed by atoms with Gasteiger partial charge in [0.25, 0.3) is 0 Å². The van der Waals surface area contributed by atoms with E-state index in [2.05, 4.69) is 0 Å². The van der Waals surface area contributed by atoms with E-state index in [1.807, 2.05) is 0 Å². The van der Waals surface area contributed by atoms with Crippen molar-refractivity contribution in [3.8, 4) is 0 Å². The van der Waals surface area contributed by atoms with Crippen LogP contribution in [0.15, 0.2) is 0 Å². The summed E-state index contributed by atoms with van der Waals surface area (Å²) < 4.78 is 42.2. The van der Waals surface area contributed by atoms with Crippen molar-refractivity contribution in [3.05, 3.63) is 0 Å². The summed E-state index contributed by atoms with van der Waals surface area (Å²) in [6.45, 7) is 1.10. The zero-order valence-corrected chi connectivity index (χ0v) is 12.5. The number of hydrogen-bond donors (Lipinski definition) is 5. The van der Waals surface area contributed by atoms with E-state index in [-0.39, 0.29) is 0 Å². The molecule has 0 unspecified atom stereocenters. The first-order valence-electron chi connectivity index (χ1n) is 6.29. The van der Waals surface area contributed by atoms with E-state index in [4.69, 9.17) is 4.74 Å². The summed E-state index contributed by atoms with van der Waals surface area (Å²) in [5.41, 5.74) is -1.03. The third-order valence-electron chi connectivity index (χ3n) is 3.27. The van der Waals surface area contributed by atoms with Crippen molar-refractivity contribution in [2.45, 2.75) is 55.1 Å². The molecule has 0 aromatic heterocycles. The zero-order chi connectivity index (χ0) is 17.2. The summed E-state index contributed by atoms with van der Waals surface area (Å²) in [7, 11) is 0. The number of carbonyl (C=O) groups excluding carboxylic acids is 1. The molecule has 1 amide bonds. The van der Waals surface area contributed by atoms with Gasteiger partial charge in [0.05, 0.1) is 12.1 Å². The predicted molar refractivity (Wildman–Crippen MR) is 69.9 cm³/mol. The van der Waals surface area contributed by atoms with Gasteiger partial charge in [-0.05, 0) is 13.2 Å². The van der Waals surface area contributed by atoms with Gasteiger partial charge >= 0.3 is 12.1 Å². The van der Waals surface area contributed by atoms with Crippen LogP contribution in [0.2, 0.25) is 0 Å². The van der Waals surface area contributed by atoms with E-state index in [1.54, 1.807) is 0 Å². The van der Waals surface area contributed by atoms with Crippen LogP contribution in [0.4, 0.5) is 13.2 Å². The maximum atomic E-state index is 12.3. The van der Waals surface area contributed by atoms with Gasteiger partial charge in [0.1, 0.15) is 29.9 Å². The number of alkyl halides is 3. The topological polar surface area (TPSA) is 119 Å². The Hall–Kier alpha value is -0.590. The van der Waals surface area contributed by atoms with Gasteiger partial charge in [-0.25, -0.2) is 0 Å². The van der Waals surface area contributed by atoms with Crippen LogP contribution in [-0.4, -0.2) is 80.8 Å². The molecule has 1 aliphatic rings. The lowest BCUT2D eigenvalue weighted by atomic mass is 9.92. The van der Waals surface area contributed by atoms with Gasteiger partial charge in [0, 0.05) is 0 Å². The van der Waals surface area contributed by atoms with Gasteiger partial charge in [-0.15, -0.1) is 11.8 Å². The summed E-state index contributed by atoms with van der Waals surface area (Å²) in [6, 6.07) is -1.62. The van der Waals surface area contributed by atoms with E-state index >= 15 is 0 Å². The Bertz CT molecular complexity index is 395. The molecule has 7 nitrogen and oxygen atoms in total. The molecule has 0 aromatic rings. The van der Waals surface area contributed by atoms with Gasteiger partial charge in [-0.3, -0.25) is 4.79 Å². The molecule has 5 N–H and O–H groups in total. The van der Waals surface area contributed by atoms with E-state index in [9.17, 15) is 38.4 Å². The third-order valence-corrected chi connectivity index (χ3v) is 4.12. The SMILES string of the molecule is CS[C@H]1O[C@H]([C@H](NC(=O)C(F)(F)F)[C@@H](C)O)[C@H](O)[C@H](O)[C@H]1O. The van der Waals surface area contributed by atoms with Gasteiger partial charge in [0.15, 0.2) is 0 Å². The van der Waals surface area contributed by atoms with Crippen LogP contribution in [0.25, 0.3) is 0 Å². The average molecular weight is 349 g/mol. The molecule has 22 heavy (non-hydrogen) atoms. The number of halogens is 3. The fraction of sp³-hybridized carbons (Fsp3) is 0.909. The molecule has 1 saturated heterocycles. The highest BCUT2D eigenvalue weighted by Gasteiger charge is 2.49. The second-order valence-corrected chi connectivity index (χ2v) is 5.85. The van der Waals surface area contributed by atoms with E-state index in [1.165, 1.54) is 11.6 Å². The maximum absolute atomic E-state index is 12.3. The van der Waals surface area contributed by atoms with Crippen LogP contribution in [0.1, 0.15) is 6.92 Å². The first-order chi connectivity index (χ1) is 10.0. The Morgan fingerprint density at radius 3 is 2.18 bits per heavy atom. The zero-order valence-electron chi connectivity index (χ0n) is 11.7. The predicted octanol–water partition coefficient (Wildman–Crippen LogP) is -1.42. The van der Waals surface area contributed by atoms with Crippen LogP contribution in [0.5, 0.6) is 0 Å². The van der Waals surface area contributed by atoms with Gasteiger partial charge < -0.3 is 30.5 Å². The van der Waals surface area contributed by atoms with Crippen molar-refractivity contribution in [2.75, 3.05) is 6.26 Å². The first kappa shape index (κ1) is 19.5. The van der Waals surface area contributed by atoms with Crippen LogP contribution in [0, 0.1) is 0 Å². The Kier molecular flexibility index (Phi) is 6.47. The molecular weight excluding hydrogens is 331 g/mol. The molecule has 0 aliphatic carbocycles. The molecule has 130 valence electrons. The van der Waals surface area contributed by atoms with E-state index in [0.717, 1.165) is 18.7 Å². The van der Waals surface area contributed by atoms with Crippen molar-refractivity contribution in [2.24, 2.45) is 0 Å². The summed E-state index contributed by atoms with van der Waals surface area (Å²) in [6.07, 6.45) is -11.6. The molecule has 0 spiro atoms. The highest BCUT2D eigenvalue weighted by molar-refractivity contribution is 7.99. The largest absolute Gasteiger partial charge is 0.471 e. The number of ether oxygens (including phenoxy) is 1. The second kappa shape index (κ2) is 7.32. The Balaban J connectivity index is 2.97. The number of aliphatic hydroxyl groups excluding tert-OH is 4. The number of nitrogens with one attached hydrogen (secondary N) is 1. The molecule has 0 bridgehead atoms. The fourth-order valence-corrected chi connectivity index (χ4v) is 2.75. The quantitative estimate of drug-likeness (QED) is 0.423. The Labute approximate surface area is 128 Å². The number of carbonyl (C=O) groups is 1. The minimum absolute atomic E-state index is 0.957. The molecule has 0 aromatic carbocycles. The molecule has 7 atom stereocenters. The van der Waals surface area contributed by atoms with E-state index < -0.39 is 54.1 Å².